The Kier molecular flexibility index (Phi) is 3.78. The predicted octanol–water partition coefficient (Wildman–Crippen LogP) is 3.72. The lowest BCUT2D eigenvalue weighted by Gasteiger charge is -2.33. The summed E-state index contributed by atoms with van der Waals surface area (Å²) in [6, 6.07) is 7.20. The van der Waals surface area contributed by atoms with Gasteiger partial charge < -0.3 is 9.64 Å². The lowest BCUT2D eigenvalue weighted by molar-refractivity contribution is -0.136. The molecule has 0 radical (unpaired) electrons. The van der Waals surface area contributed by atoms with Crippen LogP contribution in [0, 0.1) is 0 Å². The van der Waals surface area contributed by atoms with Gasteiger partial charge in [0.2, 0.25) is 0 Å². The third kappa shape index (κ3) is 2.36. The molecule has 2 aliphatic rings. The van der Waals surface area contributed by atoms with Crippen molar-refractivity contribution in [2.45, 2.75) is 13.0 Å². The minimum atomic E-state index is -0.384. The fourth-order valence-corrected chi connectivity index (χ4v) is 3.50. The molecule has 6 heteroatoms. The zero-order valence-electron chi connectivity index (χ0n) is 11.5. The Morgan fingerprint density at radius 3 is 2.90 bits per heavy atom. The number of methoxy groups -OCH3 is 1. The first-order valence-electron chi connectivity index (χ1n) is 6.37. The molecule has 0 fully saturated rings. The number of fused-ring (bicyclic) bond motifs is 1. The highest BCUT2D eigenvalue weighted by Gasteiger charge is 2.37. The van der Waals surface area contributed by atoms with Crippen molar-refractivity contribution in [3.05, 3.63) is 57.7 Å². The van der Waals surface area contributed by atoms with Crippen LogP contribution in [0.1, 0.15) is 18.5 Å². The molecule has 1 atom stereocenters. The minimum Gasteiger partial charge on any atom is -0.466 e. The molecule has 2 heterocycles. The number of aliphatic imine (C=N–C) groups is 1. The van der Waals surface area contributed by atoms with Gasteiger partial charge in [-0.3, -0.25) is 0 Å². The van der Waals surface area contributed by atoms with Gasteiger partial charge in [-0.05, 0) is 24.0 Å². The SMILES string of the molecule is COC(=O)C1=C(C)N=C2SC=CN2[C@@H]1c1ccccc1Cl. The number of ether oxygens (including phenoxy) is 1. The van der Waals surface area contributed by atoms with Gasteiger partial charge in [0.1, 0.15) is 0 Å². The summed E-state index contributed by atoms with van der Waals surface area (Å²) in [6.07, 6.45) is 1.91. The number of carbonyl (C=O) groups excluding carboxylic acids is 1. The number of carbonyl (C=O) groups is 1. The second-order valence-corrected chi connectivity index (χ2v) is 5.90. The maximum atomic E-state index is 12.2. The molecule has 21 heavy (non-hydrogen) atoms. The van der Waals surface area contributed by atoms with Crippen molar-refractivity contribution in [3.63, 3.8) is 0 Å². The second-order valence-electron chi connectivity index (χ2n) is 4.62. The first kappa shape index (κ1) is 14.2. The Labute approximate surface area is 132 Å². The molecule has 108 valence electrons. The second kappa shape index (κ2) is 5.58. The first-order chi connectivity index (χ1) is 10.1. The summed E-state index contributed by atoms with van der Waals surface area (Å²) in [5.41, 5.74) is 2.04. The molecular formula is C15H13ClN2O2S. The van der Waals surface area contributed by atoms with Crippen LogP contribution < -0.4 is 0 Å². The number of benzene rings is 1. The largest absolute Gasteiger partial charge is 0.466 e. The Balaban J connectivity index is 2.18. The van der Waals surface area contributed by atoms with Gasteiger partial charge in [0.15, 0.2) is 5.17 Å². The molecule has 3 rings (SSSR count). The van der Waals surface area contributed by atoms with Gasteiger partial charge >= 0.3 is 5.97 Å². The lowest BCUT2D eigenvalue weighted by Crippen LogP contribution is -2.34. The summed E-state index contributed by atoms with van der Waals surface area (Å²) in [7, 11) is 1.38. The summed E-state index contributed by atoms with van der Waals surface area (Å²) in [5.74, 6) is -0.384. The highest BCUT2D eigenvalue weighted by atomic mass is 35.5. The number of halogens is 1. The number of hydrogen-bond donors (Lipinski definition) is 0. The van der Waals surface area contributed by atoms with E-state index in [1.54, 1.807) is 0 Å². The van der Waals surface area contributed by atoms with E-state index in [2.05, 4.69) is 4.99 Å². The van der Waals surface area contributed by atoms with E-state index < -0.39 is 0 Å². The average molecular weight is 321 g/mol. The van der Waals surface area contributed by atoms with Crippen LogP contribution in [0.25, 0.3) is 0 Å². The Morgan fingerprint density at radius 1 is 1.43 bits per heavy atom. The smallest absolute Gasteiger partial charge is 0.338 e. The van der Waals surface area contributed by atoms with Gasteiger partial charge in [0.05, 0.1) is 24.4 Å². The summed E-state index contributed by atoms with van der Waals surface area (Å²) in [4.78, 5) is 18.6. The van der Waals surface area contributed by atoms with Crippen LogP contribution in [0.4, 0.5) is 0 Å². The van der Waals surface area contributed by atoms with Crippen molar-refractivity contribution >= 4 is 34.5 Å². The van der Waals surface area contributed by atoms with Gasteiger partial charge in [-0.1, -0.05) is 41.6 Å². The van der Waals surface area contributed by atoms with Gasteiger partial charge in [-0.2, -0.15) is 0 Å². The van der Waals surface area contributed by atoms with Crippen molar-refractivity contribution in [1.29, 1.82) is 0 Å². The minimum absolute atomic E-state index is 0.315. The summed E-state index contributed by atoms with van der Waals surface area (Å²) in [6.45, 7) is 1.82. The van der Waals surface area contributed by atoms with E-state index in [-0.39, 0.29) is 12.0 Å². The highest BCUT2D eigenvalue weighted by Crippen LogP contribution is 2.42. The molecule has 1 aromatic rings. The molecule has 0 aromatic heterocycles. The summed E-state index contributed by atoms with van der Waals surface area (Å²) >= 11 is 7.86. The first-order valence-corrected chi connectivity index (χ1v) is 7.63. The van der Waals surface area contributed by atoms with Gasteiger partial charge in [-0.15, -0.1) is 0 Å². The van der Waals surface area contributed by atoms with Crippen LogP contribution >= 0.6 is 23.4 Å². The average Bonchev–Trinajstić information content (AvgIpc) is 2.93. The fourth-order valence-electron chi connectivity index (χ4n) is 2.47. The lowest BCUT2D eigenvalue weighted by atomic mass is 9.95. The Bertz CT molecular complexity index is 697. The van der Waals surface area contributed by atoms with E-state index in [4.69, 9.17) is 16.3 Å². The van der Waals surface area contributed by atoms with Crippen molar-refractivity contribution in [1.82, 2.24) is 4.90 Å². The Morgan fingerprint density at radius 2 is 2.19 bits per heavy atom. The van der Waals surface area contributed by atoms with Crippen molar-refractivity contribution in [2.75, 3.05) is 7.11 Å². The van der Waals surface area contributed by atoms with E-state index in [1.165, 1.54) is 18.9 Å². The quantitative estimate of drug-likeness (QED) is 0.779. The molecule has 0 saturated carbocycles. The molecular weight excluding hydrogens is 308 g/mol. The summed E-state index contributed by atoms with van der Waals surface area (Å²) < 4.78 is 4.93. The number of rotatable bonds is 2. The van der Waals surface area contributed by atoms with Crippen LogP contribution in [-0.2, 0) is 9.53 Å². The third-order valence-electron chi connectivity index (χ3n) is 3.43. The maximum Gasteiger partial charge on any atom is 0.338 e. The zero-order valence-corrected chi connectivity index (χ0v) is 13.1. The molecule has 0 N–H and O–H groups in total. The number of allylic oxidation sites excluding steroid dienone is 1. The van der Waals surface area contributed by atoms with E-state index in [0.29, 0.717) is 16.3 Å². The molecule has 0 spiro atoms. The van der Waals surface area contributed by atoms with Gasteiger partial charge in [0, 0.05) is 11.2 Å². The number of esters is 1. The van der Waals surface area contributed by atoms with Gasteiger partial charge in [0.25, 0.3) is 0 Å². The number of nitrogens with zero attached hydrogens (tertiary/aromatic N) is 2. The normalized spacial score (nSPS) is 20.4. The van der Waals surface area contributed by atoms with E-state index in [9.17, 15) is 4.79 Å². The van der Waals surface area contributed by atoms with Gasteiger partial charge in [-0.25, -0.2) is 9.79 Å². The number of thioether (sulfide) groups is 1. The molecule has 0 amide bonds. The van der Waals surface area contributed by atoms with Crippen molar-refractivity contribution < 1.29 is 9.53 Å². The fraction of sp³-hybridized carbons (Fsp3) is 0.200. The van der Waals surface area contributed by atoms with E-state index in [1.807, 2.05) is 47.7 Å². The Hall–Kier alpha value is -1.72. The molecule has 2 aliphatic heterocycles. The van der Waals surface area contributed by atoms with E-state index >= 15 is 0 Å². The summed E-state index contributed by atoms with van der Waals surface area (Å²) in [5, 5.41) is 3.39. The molecule has 1 aromatic carbocycles. The van der Waals surface area contributed by atoms with Crippen molar-refractivity contribution in [3.8, 4) is 0 Å². The zero-order chi connectivity index (χ0) is 15.0. The highest BCUT2D eigenvalue weighted by molar-refractivity contribution is 8.16. The standard InChI is InChI=1S/C15H13ClN2O2S/c1-9-12(14(19)20-2)13(10-5-3-4-6-11(10)16)18-7-8-21-15(18)17-9/h3-8,13H,1-2H3/t13-/m1/s1. The molecule has 4 nitrogen and oxygen atoms in total. The topological polar surface area (TPSA) is 41.9 Å². The van der Waals surface area contributed by atoms with Crippen molar-refractivity contribution in [2.24, 2.45) is 4.99 Å². The third-order valence-corrected chi connectivity index (χ3v) is 4.54. The maximum absolute atomic E-state index is 12.2. The monoisotopic (exact) mass is 320 g/mol. The van der Waals surface area contributed by atoms with Crippen LogP contribution in [-0.4, -0.2) is 23.1 Å². The molecule has 0 bridgehead atoms. The van der Waals surface area contributed by atoms with Crippen LogP contribution in [0.3, 0.4) is 0 Å². The number of hydrogen-bond acceptors (Lipinski definition) is 5. The van der Waals surface area contributed by atoms with E-state index in [0.717, 1.165) is 10.7 Å². The number of amidine groups is 1. The predicted molar refractivity (Wildman–Crippen MR) is 84.9 cm³/mol. The molecule has 0 aliphatic carbocycles. The van der Waals surface area contributed by atoms with Crippen LogP contribution in [0.5, 0.6) is 0 Å². The van der Waals surface area contributed by atoms with Crippen LogP contribution in [0.15, 0.2) is 52.1 Å². The van der Waals surface area contributed by atoms with Crippen LogP contribution in [0.2, 0.25) is 5.02 Å². The molecule has 0 unspecified atom stereocenters. The molecule has 0 saturated heterocycles.